The standard InChI is InChI=1S/C22H26N2O2S/c1-13-7-5-6-8-16(13)17-11-22(12-21(3,4)23-20(27)24-22)26-18-10-15(25)9-14(2)19(17)18/h5-10,17,25H,11-12H2,1-4H3,(H2,23,24,27)/t17-,22+/m0/s1. The summed E-state index contributed by atoms with van der Waals surface area (Å²) in [5, 5.41) is 17.5. The molecule has 3 N–H and O–H groups in total. The van der Waals surface area contributed by atoms with Crippen LogP contribution >= 0.6 is 12.2 Å². The topological polar surface area (TPSA) is 53.5 Å². The van der Waals surface area contributed by atoms with Crippen molar-refractivity contribution in [2.75, 3.05) is 0 Å². The predicted octanol–water partition coefficient (Wildman–Crippen LogP) is 4.27. The van der Waals surface area contributed by atoms with Gasteiger partial charge in [-0.15, -0.1) is 0 Å². The number of phenols is 1. The second kappa shape index (κ2) is 6.13. The van der Waals surface area contributed by atoms with Crippen LogP contribution in [0.1, 0.15) is 54.9 Å². The molecule has 5 heteroatoms. The van der Waals surface area contributed by atoms with Gasteiger partial charge in [0.05, 0.1) is 0 Å². The number of benzene rings is 2. The number of hydrogen-bond donors (Lipinski definition) is 3. The van der Waals surface area contributed by atoms with Crippen molar-refractivity contribution in [1.29, 1.82) is 0 Å². The third kappa shape index (κ3) is 3.25. The third-order valence-electron chi connectivity index (χ3n) is 5.61. The lowest BCUT2D eigenvalue weighted by Gasteiger charge is -2.51. The number of nitrogens with one attached hydrogen (secondary N) is 2. The minimum Gasteiger partial charge on any atom is -0.508 e. The van der Waals surface area contributed by atoms with Crippen molar-refractivity contribution >= 4 is 17.3 Å². The Morgan fingerprint density at radius 2 is 1.85 bits per heavy atom. The average molecular weight is 383 g/mol. The largest absolute Gasteiger partial charge is 0.508 e. The van der Waals surface area contributed by atoms with Crippen molar-refractivity contribution in [3.8, 4) is 11.5 Å². The van der Waals surface area contributed by atoms with Crippen LogP contribution in [-0.2, 0) is 0 Å². The first-order chi connectivity index (χ1) is 12.7. The van der Waals surface area contributed by atoms with Gasteiger partial charge in [-0.25, -0.2) is 0 Å². The van der Waals surface area contributed by atoms with E-state index in [1.807, 2.05) is 13.0 Å². The Kier molecular flexibility index (Phi) is 4.11. The predicted molar refractivity (Wildman–Crippen MR) is 111 cm³/mol. The van der Waals surface area contributed by atoms with Crippen LogP contribution in [0.5, 0.6) is 11.5 Å². The SMILES string of the molecule is Cc1ccccc1[C@@H]1C[C@]2(CC(C)(C)NC(=S)N2)Oc2cc(O)cc(C)c21. The highest BCUT2D eigenvalue weighted by Crippen LogP contribution is 2.49. The zero-order chi connectivity index (χ0) is 19.4. The molecular formula is C22H26N2O2S. The van der Waals surface area contributed by atoms with Crippen LogP contribution in [0.4, 0.5) is 0 Å². The normalized spacial score (nSPS) is 25.9. The first-order valence-electron chi connectivity index (χ1n) is 9.36. The van der Waals surface area contributed by atoms with Gasteiger partial charge in [0.25, 0.3) is 0 Å². The summed E-state index contributed by atoms with van der Waals surface area (Å²) in [5.74, 6) is 1.13. The van der Waals surface area contributed by atoms with Crippen LogP contribution in [0.2, 0.25) is 0 Å². The van der Waals surface area contributed by atoms with E-state index in [0.29, 0.717) is 5.11 Å². The highest BCUT2D eigenvalue weighted by Gasteiger charge is 2.49. The van der Waals surface area contributed by atoms with Crippen molar-refractivity contribution in [3.63, 3.8) is 0 Å². The first-order valence-corrected chi connectivity index (χ1v) is 9.77. The van der Waals surface area contributed by atoms with E-state index >= 15 is 0 Å². The molecule has 0 radical (unpaired) electrons. The molecule has 0 amide bonds. The minimum absolute atomic E-state index is 0.166. The highest BCUT2D eigenvalue weighted by atomic mass is 32.1. The van der Waals surface area contributed by atoms with Crippen molar-refractivity contribution < 1.29 is 9.84 Å². The van der Waals surface area contributed by atoms with Crippen LogP contribution < -0.4 is 15.4 Å². The summed E-state index contributed by atoms with van der Waals surface area (Å²) in [6.45, 7) is 8.46. The number of ether oxygens (including phenoxy) is 1. The lowest BCUT2D eigenvalue weighted by atomic mass is 9.75. The summed E-state index contributed by atoms with van der Waals surface area (Å²) < 4.78 is 6.52. The Labute approximate surface area is 165 Å². The van der Waals surface area contributed by atoms with E-state index in [9.17, 15) is 5.11 Å². The highest BCUT2D eigenvalue weighted by molar-refractivity contribution is 7.80. The molecule has 2 heterocycles. The third-order valence-corrected chi connectivity index (χ3v) is 5.81. The molecule has 0 unspecified atom stereocenters. The zero-order valence-corrected chi connectivity index (χ0v) is 17.0. The van der Waals surface area contributed by atoms with E-state index in [4.69, 9.17) is 17.0 Å². The number of aromatic hydroxyl groups is 1. The van der Waals surface area contributed by atoms with Gasteiger partial charge in [-0.3, -0.25) is 0 Å². The Morgan fingerprint density at radius 3 is 2.56 bits per heavy atom. The van der Waals surface area contributed by atoms with Crippen LogP contribution in [0.25, 0.3) is 0 Å². The molecule has 2 atom stereocenters. The maximum atomic E-state index is 10.2. The Morgan fingerprint density at radius 1 is 1.11 bits per heavy atom. The van der Waals surface area contributed by atoms with Gasteiger partial charge in [-0.1, -0.05) is 24.3 Å². The lowest BCUT2D eigenvalue weighted by molar-refractivity contribution is -0.0130. The Balaban J connectivity index is 1.89. The molecule has 1 spiro atoms. The van der Waals surface area contributed by atoms with Crippen LogP contribution in [0.3, 0.4) is 0 Å². The van der Waals surface area contributed by atoms with E-state index in [0.717, 1.165) is 29.7 Å². The smallest absolute Gasteiger partial charge is 0.185 e. The van der Waals surface area contributed by atoms with Crippen molar-refractivity contribution in [2.45, 2.75) is 57.7 Å². The number of thiocarbonyl (C=S) groups is 1. The van der Waals surface area contributed by atoms with E-state index < -0.39 is 5.72 Å². The molecule has 1 saturated heterocycles. The number of aryl methyl sites for hydroxylation is 2. The first kappa shape index (κ1) is 18.1. The van der Waals surface area contributed by atoms with Gasteiger partial charge in [-0.05, 0) is 62.7 Å². The fourth-order valence-electron chi connectivity index (χ4n) is 4.74. The molecule has 0 saturated carbocycles. The van der Waals surface area contributed by atoms with E-state index in [-0.39, 0.29) is 17.2 Å². The fraction of sp³-hybridized carbons (Fsp3) is 0.409. The van der Waals surface area contributed by atoms with Crippen molar-refractivity contribution in [2.24, 2.45) is 0 Å². The summed E-state index contributed by atoms with van der Waals surface area (Å²) >= 11 is 5.49. The molecule has 4 nitrogen and oxygen atoms in total. The molecule has 2 aromatic carbocycles. The molecule has 4 rings (SSSR count). The average Bonchev–Trinajstić information content (AvgIpc) is 2.51. The second-order valence-electron chi connectivity index (χ2n) is 8.52. The van der Waals surface area contributed by atoms with Crippen LogP contribution in [0.15, 0.2) is 36.4 Å². The van der Waals surface area contributed by atoms with E-state index in [1.165, 1.54) is 11.1 Å². The van der Waals surface area contributed by atoms with Gasteiger partial charge in [0.15, 0.2) is 10.8 Å². The van der Waals surface area contributed by atoms with Gasteiger partial charge in [-0.2, -0.15) is 0 Å². The summed E-state index contributed by atoms with van der Waals surface area (Å²) in [5.41, 5.74) is 3.96. The molecule has 2 aromatic rings. The van der Waals surface area contributed by atoms with Gasteiger partial charge in [0.1, 0.15) is 11.5 Å². The van der Waals surface area contributed by atoms with E-state index in [1.54, 1.807) is 6.07 Å². The van der Waals surface area contributed by atoms with E-state index in [2.05, 4.69) is 55.7 Å². The number of fused-ring (bicyclic) bond motifs is 1. The second-order valence-corrected chi connectivity index (χ2v) is 8.93. The monoisotopic (exact) mass is 382 g/mol. The van der Waals surface area contributed by atoms with Crippen molar-refractivity contribution in [3.05, 3.63) is 58.7 Å². The molecule has 0 aromatic heterocycles. The molecule has 2 aliphatic heterocycles. The Hall–Kier alpha value is -2.27. The number of rotatable bonds is 1. The molecule has 0 aliphatic carbocycles. The summed E-state index contributed by atoms with van der Waals surface area (Å²) in [6, 6.07) is 12.0. The summed E-state index contributed by atoms with van der Waals surface area (Å²) in [6.07, 6.45) is 1.54. The lowest BCUT2D eigenvalue weighted by Crippen LogP contribution is -2.69. The molecule has 1 fully saturated rings. The molecule has 142 valence electrons. The van der Waals surface area contributed by atoms with Crippen LogP contribution in [0, 0.1) is 13.8 Å². The molecular weight excluding hydrogens is 356 g/mol. The van der Waals surface area contributed by atoms with Gasteiger partial charge < -0.3 is 20.5 Å². The quantitative estimate of drug-likeness (QED) is 0.643. The zero-order valence-electron chi connectivity index (χ0n) is 16.2. The molecule has 0 bridgehead atoms. The summed E-state index contributed by atoms with van der Waals surface area (Å²) in [4.78, 5) is 0. The van der Waals surface area contributed by atoms with Crippen molar-refractivity contribution in [1.82, 2.24) is 10.6 Å². The fourth-order valence-corrected chi connectivity index (χ4v) is 5.20. The maximum absolute atomic E-state index is 10.2. The minimum atomic E-state index is -0.605. The van der Waals surface area contributed by atoms with Gasteiger partial charge in [0, 0.05) is 35.9 Å². The maximum Gasteiger partial charge on any atom is 0.185 e. The number of hydrogen-bond acceptors (Lipinski definition) is 3. The van der Waals surface area contributed by atoms with Gasteiger partial charge >= 0.3 is 0 Å². The summed E-state index contributed by atoms with van der Waals surface area (Å²) in [7, 11) is 0. The van der Waals surface area contributed by atoms with Crippen LogP contribution in [-0.4, -0.2) is 21.5 Å². The Bertz CT molecular complexity index is 925. The number of phenolic OH excluding ortho intramolecular Hbond substituents is 1. The van der Waals surface area contributed by atoms with Gasteiger partial charge in [0.2, 0.25) is 0 Å². The molecule has 2 aliphatic rings. The molecule has 27 heavy (non-hydrogen) atoms.